The molecule has 0 bridgehead atoms. The number of alkyl halides is 3. The molecule has 1 saturated heterocycles. The van der Waals surface area contributed by atoms with E-state index in [1.165, 1.54) is 0 Å². The molecule has 1 aliphatic rings. The fourth-order valence-electron chi connectivity index (χ4n) is 2.45. The number of carbonyl (C=O) groups excluding carboxylic acids is 1. The van der Waals surface area contributed by atoms with Crippen molar-refractivity contribution < 1.29 is 22.4 Å². The van der Waals surface area contributed by atoms with Gasteiger partial charge in [0.1, 0.15) is 5.82 Å². The Morgan fingerprint density at radius 1 is 1.43 bits per heavy atom. The summed E-state index contributed by atoms with van der Waals surface area (Å²) in [6, 6.07) is 1.99. The van der Waals surface area contributed by atoms with E-state index in [9.17, 15) is 22.4 Å². The third kappa shape index (κ3) is 3.18. The molecule has 3 nitrogen and oxygen atoms in total. The number of benzene rings is 1. The fourth-order valence-corrected chi connectivity index (χ4v) is 2.45. The van der Waals surface area contributed by atoms with Gasteiger partial charge in [0.25, 0.3) is 0 Å². The number of rotatable bonds is 3. The molecule has 1 unspecified atom stereocenters. The van der Waals surface area contributed by atoms with Crippen LogP contribution in [0.5, 0.6) is 0 Å². The highest BCUT2D eigenvalue weighted by Crippen LogP contribution is 2.34. The Bertz CT molecular complexity index is 536. The van der Waals surface area contributed by atoms with Crippen molar-refractivity contribution in [1.29, 1.82) is 0 Å². The van der Waals surface area contributed by atoms with Crippen LogP contribution in [-0.4, -0.2) is 19.0 Å². The van der Waals surface area contributed by atoms with Crippen LogP contribution in [0.4, 0.5) is 23.2 Å². The van der Waals surface area contributed by atoms with Gasteiger partial charge in [-0.15, -0.1) is 0 Å². The number of nitrogens with one attached hydrogen (secondary N) is 2. The third-order valence-corrected chi connectivity index (χ3v) is 3.94. The highest BCUT2D eigenvalue weighted by Gasteiger charge is 2.40. The van der Waals surface area contributed by atoms with Crippen molar-refractivity contribution in [2.24, 2.45) is 5.41 Å². The number of hydrogen-bond acceptors (Lipinski definition) is 2. The Hall–Kier alpha value is -1.63. The summed E-state index contributed by atoms with van der Waals surface area (Å²) < 4.78 is 51.5. The van der Waals surface area contributed by atoms with Gasteiger partial charge in [0.05, 0.1) is 16.7 Å². The Kier molecular flexibility index (Phi) is 4.22. The van der Waals surface area contributed by atoms with Crippen LogP contribution in [0.3, 0.4) is 0 Å². The molecule has 116 valence electrons. The van der Waals surface area contributed by atoms with Crippen molar-refractivity contribution in [3.05, 3.63) is 29.6 Å². The highest BCUT2D eigenvalue weighted by molar-refractivity contribution is 5.96. The molecule has 1 fully saturated rings. The normalized spacial score (nSPS) is 22.3. The van der Waals surface area contributed by atoms with Gasteiger partial charge in [-0.05, 0) is 37.6 Å². The second-order valence-corrected chi connectivity index (χ2v) is 5.21. The molecular formula is C14H16F4N2O. The largest absolute Gasteiger partial charge is 0.416 e. The van der Waals surface area contributed by atoms with E-state index < -0.39 is 34.6 Å². The van der Waals surface area contributed by atoms with Crippen LogP contribution in [0.2, 0.25) is 0 Å². The molecule has 0 aliphatic carbocycles. The molecule has 1 atom stereocenters. The Balaban J connectivity index is 2.25. The van der Waals surface area contributed by atoms with Crippen LogP contribution in [0.25, 0.3) is 0 Å². The van der Waals surface area contributed by atoms with Crippen LogP contribution in [0.15, 0.2) is 18.2 Å². The summed E-state index contributed by atoms with van der Waals surface area (Å²) in [5, 5.41) is 5.35. The summed E-state index contributed by atoms with van der Waals surface area (Å²) in [6.45, 7) is 2.93. The Morgan fingerprint density at radius 3 is 2.67 bits per heavy atom. The van der Waals surface area contributed by atoms with E-state index >= 15 is 0 Å². The standard InChI is InChI=1S/C14H16F4N2O/c1-2-13(5-6-19-8-13)12(21)20-11-7-9(14(16,17)18)3-4-10(11)15/h3-4,7,19H,2,5-6,8H2,1H3,(H,20,21). The molecule has 21 heavy (non-hydrogen) atoms. The first-order valence-corrected chi connectivity index (χ1v) is 6.67. The molecule has 0 radical (unpaired) electrons. The summed E-state index contributed by atoms with van der Waals surface area (Å²) in [6.07, 6.45) is -3.47. The number of anilines is 1. The van der Waals surface area contributed by atoms with Gasteiger partial charge in [0, 0.05) is 6.54 Å². The average molecular weight is 304 g/mol. The van der Waals surface area contributed by atoms with Gasteiger partial charge < -0.3 is 10.6 Å². The maximum Gasteiger partial charge on any atom is 0.416 e. The average Bonchev–Trinajstić information content (AvgIpc) is 2.90. The van der Waals surface area contributed by atoms with E-state index in [-0.39, 0.29) is 0 Å². The van der Waals surface area contributed by atoms with Crippen molar-refractivity contribution in [1.82, 2.24) is 5.32 Å². The lowest BCUT2D eigenvalue weighted by atomic mass is 9.83. The van der Waals surface area contributed by atoms with Gasteiger partial charge >= 0.3 is 6.18 Å². The predicted octanol–water partition coefficient (Wildman–Crippen LogP) is 3.17. The lowest BCUT2D eigenvalue weighted by Gasteiger charge is -2.25. The lowest BCUT2D eigenvalue weighted by molar-refractivity contribution is -0.137. The molecule has 1 aromatic rings. The smallest absolute Gasteiger partial charge is 0.323 e. The van der Waals surface area contributed by atoms with E-state index in [0.29, 0.717) is 44.1 Å². The quantitative estimate of drug-likeness (QED) is 0.842. The van der Waals surface area contributed by atoms with E-state index in [1.54, 1.807) is 0 Å². The van der Waals surface area contributed by atoms with Gasteiger partial charge in [-0.1, -0.05) is 6.92 Å². The summed E-state index contributed by atoms with van der Waals surface area (Å²) in [7, 11) is 0. The zero-order chi connectivity index (χ0) is 15.7. The zero-order valence-corrected chi connectivity index (χ0v) is 11.5. The van der Waals surface area contributed by atoms with Gasteiger partial charge in [0.2, 0.25) is 5.91 Å². The number of halogens is 4. The first kappa shape index (κ1) is 15.8. The summed E-state index contributed by atoms with van der Waals surface area (Å²) in [4.78, 5) is 12.3. The fraction of sp³-hybridized carbons (Fsp3) is 0.500. The van der Waals surface area contributed by atoms with Crippen molar-refractivity contribution >= 4 is 11.6 Å². The van der Waals surface area contributed by atoms with E-state index in [2.05, 4.69) is 10.6 Å². The number of hydrogen-bond donors (Lipinski definition) is 2. The maximum atomic E-state index is 13.6. The molecular weight excluding hydrogens is 288 g/mol. The monoisotopic (exact) mass is 304 g/mol. The second kappa shape index (κ2) is 5.63. The molecule has 1 aliphatic heterocycles. The van der Waals surface area contributed by atoms with Gasteiger partial charge in [0.15, 0.2) is 0 Å². The third-order valence-electron chi connectivity index (χ3n) is 3.94. The first-order chi connectivity index (χ1) is 9.78. The van der Waals surface area contributed by atoms with Crippen molar-refractivity contribution in [3.63, 3.8) is 0 Å². The van der Waals surface area contributed by atoms with Crippen LogP contribution >= 0.6 is 0 Å². The molecule has 1 amide bonds. The molecule has 7 heteroatoms. The van der Waals surface area contributed by atoms with Crippen molar-refractivity contribution in [2.75, 3.05) is 18.4 Å². The maximum absolute atomic E-state index is 13.6. The summed E-state index contributed by atoms with van der Waals surface area (Å²) in [5.41, 5.74) is -2.12. The molecule has 2 rings (SSSR count). The van der Waals surface area contributed by atoms with Crippen LogP contribution in [0, 0.1) is 11.2 Å². The summed E-state index contributed by atoms with van der Waals surface area (Å²) in [5.74, 6) is -1.33. The van der Waals surface area contributed by atoms with Crippen LogP contribution in [0.1, 0.15) is 25.3 Å². The summed E-state index contributed by atoms with van der Waals surface area (Å²) >= 11 is 0. The highest BCUT2D eigenvalue weighted by atomic mass is 19.4. The SMILES string of the molecule is CCC1(C(=O)Nc2cc(C(F)(F)F)ccc2F)CCNC1. The Labute approximate surface area is 119 Å². The molecule has 0 spiro atoms. The van der Waals surface area contributed by atoms with Gasteiger partial charge in [-0.25, -0.2) is 4.39 Å². The van der Waals surface area contributed by atoms with Crippen molar-refractivity contribution in [3.8, 4) is 0 Å². The van der Waals surface area contributed by atoms with E-state index in [0.717, 1.165) is 0 Å². The number of carbonyl (C=O) groups is 1. The van der Waals surface area contributed by atoms with Crippen LogP contribution in [-0.2, 0) is 11.0 Å². The lowest BCUT2D eigenvalue weighted by Crippen LogP contribution is -2.37. The van der Waals surface area contributed by atoms with Crippen molar-refractivity contribution in [2.45, 2.75) is 25.9 Å². The van der Waals surface area contributed by atoms with Gasteiger partial charge in [-0.3, -0.25) is 4.79 Å². The molecule has 2 N–H and O–H groups in total. The minimum absolute atomic E-state index is 0.436. The van der Waals surface area contributed by atoms with E-state index in [1.807, 2.05) is 6.92 Å². The zero-order valence-electron chi connectivity index (χ0n) is 11.5. The van der Waals surface area contributed by atoms with Gasteiger partial charge in [-0.2, -0.15) is 13.2 Å². The predicted molar refractivity (Wildman–Crippen MR) is 70.2 cm³/mol. The Morgan fingerprint density at radius 2 is 2.14 bits per heavy atom. The first-order valence-electron chi connectivity index (χ1n) is 6.67. The minimum atomic E-state index is -4.58. The van der Waals surface area contributed by atoms with Crippen LogP contribution < -0.4 is 10.6 Å². The molecule has 1 heterocycles. The number of amides is 1. The molecule has 1 aromatic carbocycles. The second-order valence-electron chi connectivity index (χ2n) is 5.21. The molecule has 0 saturated carbocycles. The molecule has 0 aromatic heterocycles. The van der Waals surface area contributed by atoms with E-state index in [4.69, 9.17) is 0 Å². The minimum Gasteiger partial charge on any atom is -0.323 e. The topological polar surface area (TPSA) is 41.1 Å².